The summed E-state index contributed by atoms with van der Waals surface area (Å²) in [4.78, 5) is 0. The Morgan fingerprint density at radius 2 is 2.40 bits per heavy atom. The van der Waals surface area contributed by atoms with Crippen LogP contribution in [0.25, 0.3) is 0 Å². The first-order valence-corrected chi connectivity index (χ1v) is 1.79. The average Bonchev–Trinajstić information content (AvgIpc) is 1.41. The van der Waals surface area contributed by atoms with Crippen LogP contribution in [0.3, 0.4) is 0 Å². The molecule has 0 atom stereocenters. The van der Waals surface area contributed by atoms with E-state index < -0.39 is 0 Å². The molecule has 0 saturated heterocycles. The molecule has 0 saturated carbocycles. The lowest BCUT2D eigenvalue weighted by Gasteiger charge is -1.84. The molecule has 5 heavy (non-hydrogen) atoms. The molecule has 0 aliphatic heterocycles. The summed E-state index contributed by atoms with van der Waals surface area (Å²) in [5.74, 6) is 0. The Morgan fingerprint density at radius 3 is 2.40 bits per heavy atom. The molecule has 3 heteroatoms. The van der Waals surface area contributed by atoms with Gasteiger partial charge in [0.2, 0.25) is 0 Å². The van der Waals surface area contributed by atoms with Gasteiger partial charge in [0.15, 0.2) is 0 Å². The van der Waals surface area contributed by atoms with Gasteiger partial charge in [0.25, 0.3) is 0 Å². The Bertz CT molecular complexity index is 17.1. The molecule has 0 aliphatic carbocycles. The second kappa shape index (κ2) is 4.21. The van der Waals surface area contributed by atoms with Gasteiger partial charge >= 0.3 is 0 Å². The number of hydrogen-bond donors (Lipinski definition) is 1. The zero-order chi connectivity index (χ0) is 4.12. The Hall–Kier alpha value is 0.210. The van der Waals surface area contributed by atoms with Crippen LogP contribution in [-0.2, 0) is 4.74 Å². The van der Waals surface area contributed by atoms with E-state index in [4.69, 9.17) is 17.3 Å². The molecule has 32 valence electrons. The van der Waals surface area contributed by atoms with Crippen LogP contribution < -0.4 is 5.73 Å². The van der Waals surface area contributed by atoms with Crippen molar-refractivity contribution in [2.24, 2.45) is 5.73 Å². The van der Waals surface area contributed by atoms with Crippen LogP contribution in [0.1, 0.15) is 0 Å². The van der Waals surface area contributed by atoms with Crippen LogP contribution in [0.5, 0.6) is 0 Å². The monoisotopic (exact) mass is 95.0 g/mol. The van der Waals surface area contributed by atoms with Gasteiger partial charge in [0.05, 0.1) is 6.73 Å². The Balaban J connectivity index is 2.19. The summed E-state index contributed by atoms with van der Waals surface area (Å²) >= 11 is 5.00. The standard InChI is InChI=1S/C2H6ClNO/c3-1-5-2-4/h1-2,4H2. The number of hydrogen-bond acceptors (Lipinski definition) is 2. The van der Waals surface area contributed by atoms with Gasteiger partial charge in [0.1, 0.15) is 6.07 Å². The minimum absolute atomic E-state index is 0.191. The summed E-state index contributed by atoms with van der Waals surface area (Å²) in [7, 11) is 0. The van der Waals surface area contributed by atoms with Crippen molar-refractivity contribution in [1.29, 1.82) is 0 Å². The van der Waals surface area contributed by atoms with Gasteiger partial charge < -0.3 is 10.5 Å². The van der Waals surface area contributed by atoms with E-state index in [2.05, 4.69) is 4.74 Å². The molecule has 0 rings (SSSR count). The highest BCUT2D eigenvalue weighted by Gasteiger charge is 1.65. The predicted molar refractivity (Wildman–Crippen MR) is 20.9 cm³/mol. The van der Waals surface area contributed by atoms with Crippen molar-refractivity contribution in [3.05, 3.63) is 0 Å². The van der Waals surface area contributed by atoms with E-state index in [1.807, 2.05) is 0 Å². The first kappa shape index (κ1) is 5.21. The fraction of sp³-hybridized carbons (Fsp3) is 1.00. The molecule has 0 bridgehead atoms. The highest BCUT2D eigenvalue weighted by molar-refractivity contribution is 6.17. The molecule has 0 radical (unpaired) electrons. The molecule has 0 amide bonds. The van der Waals surface area contributed by atoms with Gasteiger partial charge in [-0.3, -0.25) is 0 Å². The van der Waals surface area contributed by atoms with E-state index in [0.717, 1.165) is 0 Å². The lowest BCUT2D eigenvalue weighted by molar-refractivity contribution is 0.187. The Labute approximate surface area is 35.9 Å². The van der Waals surface area contributed by atoms with Gasteiger partial charge in [-0.2, -0.15) is 0 Å². The zero-order valence-electron chi connectivity index (χ0n) is 2.78. The molecule has 0 unspecified atom stereocenters. The van der Waals surface area contributed by atoms with Crippen LogP contribution in [0.2, 0.25) is 0 Å². The van der Waals surface area contributed by atoms with E-state index in [9.17, 15) is 0 Å². The highest BCUT2D eigenvalue weighted by Crippen LogP contribution is 1.70. The third kappa shape index (κ3) is 4.21. The topological polar surface area (TPSA) is 35.2 Å². The molecule has 2 nitrogen and oxygen atoms in total. The number of rotatable bonds is 2. The van der Waals surface area contributed by atoms with E-state index in [1.54, 1.807) is 0 Å². The number of alkyl halides is 1. The van der Waals surface area contributed by atoms with Gasteiger partial charge in [-0.05, 0) is 0 Å². The summed E-state index contributed by atoms with van der Waals surface area (Å²) < 4.78 is 4.38. The third-order valence-electron chi connectivity index (χ3n) is 0.195. The summed E-state index contributed by atoms with van der Waals surface area (Å²) in [5.41, 5.74) is 4.83. The molecule has 0 aromatic carbocycles. The highest BCUT2D eigenvalue weighted by atomic mass is 35.5. The van der Waals surface area contributed by atoms with Crippen molar-refractivity contribution in [3.8, 4) is 0 Å². The Morgan fingerprint density at radius 1 is 1.80 bits per heavy atom. The van der Waals surface area contributed by atoms with Crippen molar-refractivity contribution in [2.45, 2.75) is 0 Å². The summed E-state index contributed by atoms with van der Waals surface area (Å²) in [6, 6.07) is 0.191. The zero-order valence-corrected chi connectivity index (χ0v) is 3.53. The van der Waals surface area contributed by atoms with Crippen LogP contribution >= 0.6 is 11.6 Å². The van der Waals surface area contributed by atoms with E-state index >= 15 is 0 Å². The number of ether oxygens (including phenoxy) is 1. The Kier molecular flexibility index (Phi) is 4.39. The molecule has 0 aliphatic rings. The van der Waals surface area contributed by atoms with Gasteiger partial charge in [-0.25, -0.2) is 0 Å². The van der Waals surface area contributed by atoms with Crippen molar-refractivity contribution < 1.29 is 4.74 Å². The van der Waals surface area contributed by atoms with E-state index in [0.29, 0.717) is 0 Å². The van der Waals surface area contributed by atoms with Gasteiger partial charge in [-0.1, -0.05) is 11.6 Å². The minimum atomic E-state index is 0.191. The van der Waals surface area contributed by atoms with Crippen LogP contribution in [0.15, 0.2) is 0 Å². The van der Waals surface area contributed by atoms with E-state index in [1.165, 1.54) is 0 Å². The molecule has 0 aromatic heterocycles. The maximum Gasteiger partial charge on any atom is 0.122 e. The average molecular weight is 95.5 g/mol. The fourth-order valence-corrected chi connectivity index (χ4v) is 0.134. The quantitative estimate of drug-likeness (QED) is 0.391. The molecule has 0 aromatic rings. The minimum Gasteiger partial charge on any atom is -0.351 e. The first-order chi connectivity index (χ1) is 2.41. The third-order valence-corrected chi connectivity index (χ3v) is 0.349. The molecule has 2 N–H and O–H groups in total. The lowest BCUT2D eigenvalue weighted by atomic mass is 11.3. The molecule has 0 fully saturated rings. The summed E-state index contributed by atoms with van der Waals surface area (Å²) in [6.45, 7) is 0.212. The number of nitrogens with two attached hydrogens (primary N) is 1. The normalized spacial score (nSPS) is 8.40. The maximum atomic E-state index is 5.00. The van der Waals surface area contributed by atoms with Crippen molar-refractivity contribution in [1.82, 2.24) is 0 Å². The summed E-state index contributed by atoms with van der Waals surface area (Å²) in [6.07, 6.45) is 0. The van der Waals surface area contributed by atoms with Crippen LogP contribution in [0, 0.1) is 0 Å². The smallest absolute Gasteiger partial charge is 0.122 e. The van der Waals surface area contributed by atoms with E-state index in [-0.39, 0.29) is 12.8 Å². The first-order valence-electron chi connectivity index (χ1n) is 1.25. The summed E-state index contributed by atoms with van der Waals surface area (Å²) in [5, 5.41) is 0. The largest absolute Gasteiger partial charge is 0.351 e. The van der Waals surface area contributed by atoms with Crippen molar-refractivity contribution in [3.63, 3.8) is 0 Å². The fourth-order valence-electron chi connectivity index (χ4n) is 0.0445. The SMILES string of the molecule is NCOCCl. The second-order valence-corrected chi connectivity index (χ2v) is 0.698. The van der Waals surface area contributed by atoms with Gasteiger partial charge in [-0.15, -0.1) is 0 Å². The van der Waals surface area contributed by atoms with Crippen molar-refractivity contribution >= 4 is 11.6 Å². The maximum absolute atomic E-state index is 5.00. The molecular weight excluding hydrogens is 89.5 g/mol. The van der Waals surface area contributed by atoms with Crippen LogP contribution in [0.4, 0.5) is 0 Å². The predicted octanol–water partition coefficient (Wildman–Crippen LogP) is 0.115. The molecular formula is C2H6ClNO. The van der Waals surface area contributed by atoms with Crippen molar-refractivity contribution in [2.75, 3.05) is 12.8 Å². The number of halogens is 1. The molecule has 0 heterocycles. The lowest BCUT2D eigenvalue weighted by Crippen LogP contribution is -2.01. The second-order valence-electron chi connectivity index (χ2n) is 0.480. The molecule has 0 spiro atoms. The van der Waals surface area contributed by atoms with Gasteiger partial charge in [0, 0.05) is 0 Å². The van der Waals surface area contributed by atoms with Crippen LogP contribution in [-0.4, -0.2) is 12.8 Å².